The summed E-state index contributed by atoms with van der Waals surface area (Å²) in [4.78, 5) is 11.8. The van der Waals surface area contributed by atoms with E-state index in [1.165, 1.54) is 12.1 Å². The Balaban J connectivity index is 1.99. The molecule has 0 spiro atoms. The van der Waals surface area contributed by atoms with Crippen molar-refractivity contribution in [3.8, 4) is 0 Å². The van der Waals surface area contributed by atoms with E-state index in [0.717, 1.165) is 17.7 Å². The predicted molar refractivity (Wildman–Crippen MR) is 80.7 cm³/mol. The quantitative estimate of drug-likeness (QED) is 0.816. The minimum Gasteiger partial charge on any atom is -0.462 e. The van der Waals surface area contributed by atoms with Crippen LogP contribution in [-0.4, -0.2) is 12.6 Å². The molecular formula is C17H18FNO2. The second-order valence-electron chi connectivity index (χ2n) is 4.70. The Morgan fingerprint density at radius 1 is 1.19 bits per heavy atom. The second kappa shape index (κ2) is 7.43. The highest BCUT2D eigenvalue weighted by Crippen LogP contribution is 2.14. The van der Waals surface area contributed by atoms with Crippen molar-refractivity contribution >= 4 is 11.7 Å². The zero-order valence-electron chi connectivity index (χ0n) is 11.9. The highest BCUT2D eigenvalue weighted by molar-refractivity contribution is 5.90. The molecule has 3 nitrogen and oxygen atoms in total. The van der Waals surface area contributed by atoms with Gasteiger partial charge in [0.05, 0.1) is 12.2 Å². The van der Waals surface area contributed by atoms with Crippen LogP contribution in [0.5, 0.6) is 0 Å². The summed E-state index contributed by atoms with van der Waals surface area (Å²) >= 11 is 0. The van der Waals surface area contributed by atoms with Gasteiger partial charge in [-0.15, -0.1) is 0 Å². The minimum absolute atomic E-state index is 0.258. The molecule has 0 aliphatic carbocycles. The lowest BCUT2D eigenvalue weighted by Gasteiger charge is -2.08. The van der Waals surface area contributed by atoms with Crippen LogP contribution in [-0.2, 0) is 11.3 Å². The third kappa shape index (κ3) is 4.60. The van der Waals surface area contributed by atoms with Crippen LogP contribution < -0.4 is 5.32 Å². The zero-order valence-corrected chi connectivity index (χ0v) is 11.9. The first-order chi connectivity index (χ1) is 10.2. The lowest BCUT2D eigenvalue weighted by molar-refractivity contribution is 0.0505. The van der Waals surface area contributed by atoms with Crippen molar-refractivity contribution in [3.63, 3.8) is 0 Å². The highest BCUT2D eigenvalue weighted by atomic mass is 19.1. The molecule has 2 aromatic carbocycles. The van der Waals surface area contributed by atoms with Crippen LogP contribution in [0.3, 0.4) is 0 Å². The fourth-order valence-corrected chi connectivity index (χ4v) is 1.89. The van der Waals surface area contributed by atoms with Crippen molar-refractivity contribution < 1.29 is 13.9 Å². The van der Waals surface area contributed by atoms with E-state index in [2.05, 4.69) is 5.32 Å². The van der Waals surface area contributed by atoms with Crippen LogP contribution >= 0.6 is 0 Å². The number of halogens is 1. The predicted octanol–water partition coefficient (Wildman–Crippen LogP) is 4.00. The van der Waals surface area contributed by atoms with E-state index in [1.807, 2.05) is 19.1 Å². The Labute approximate surface area is 123 Å². The average molecular weight is 287 g/mol. The standard InChI is InChI=1S/C17H18FNO2/c1-2-9-21-17(20)14-6-4-8-16(11-14)19-12-13-5-3-7-15(18)10-13/h3-8,10-11,19H,2,9,12H2,1H3. The summed E-state index contributed by atoms with van der Waals surface area (Å²) < 4.78 is 18.2. The van der Waals surface area contributed by atoms with E-state index >= 15 is 0 Å². The van der Waals surface area contributed by atoms with E-state index in [0.29, 0.717) is 18.7 Å². The number of hydrogen-bond donors (Lipinski definition) is 1. The summed E-state index contributed by atoms with van der Waals surface area (Å²) in [5.74, 6) is -0.586. The van der Waals surface area contributed by atoms with Gasteiger partial charge in [0.2, 0.25) is 0 Å². The molecule has 0 atom stereocenters. The number of esters is 1. The molecule has 2 rings (SSSR count). The van der Waals surface area contributed by atoms with Crippen LogP contribution in [0.4, 0.5) is 10.1 Å². The minimum atomic E-state index is -0.328. The van der Waals surface area contributed by atoms with Gasteiger partial charge in [0.1, 0.15) is 5.82 Å². The molecule has 0 fully saturated rings. The first-order valence-electron chi connectivity index (χ1n) is 6.94. The Bertz CT molecular complexity index is 613. The average Bonchev–Trinajstić information content (AvgIpc) is 2.51. The molecule has 0 unspecified atom stereocenters. The van der Waals surface area contributed by atoms with Crippen LogP contribution in [0.15, 0.2) is 48.5 Å². The maximum Gasteiger partial charge on any atom is 0.338 e. The first kappa shape index (κ1) is 15.0. The number of benzene rings is 2. The molecule has 2 aromatic rings. The van der Waals surface area contributed by atoms with Gasteiger partial charge in [-0.1, -0.05) is 25.1 Å². The monoisotopic (exact) mass is 287 g/mol. The van der Waals surface area contributed by atoms with Crippen LogP contribution in [0.1, 0.15) is 29.3 Å². The van der Waals surface area contributed by atoms with Gasteiger partial charge in [0.25, 0.3) is 0 Å². The van der Waals surface area contributed by atoms with E-state index in [1.54, 1.807) is 24.3 Å². The Morgan fingerprint density at radius 2 is 2.00 bits per heavy atom. The van der Waals surface area contributed by atoms with Crippen molar-refractivity contribution in [2.75, 3.05) is 11.9 Å². The largest absolute Gasteiger partial charge is 0.462 e. The van der Waals surface area contributed by atoms with Gasteiger partial charge < -0.3 is 10.1 Å². The molecule has 4 heteroatoms. The maximum absolute atomic E-state index is 13.1. The highest BCUT2D eigenvalue weighted by Gasteiger charge is 2.07. The summed E-state index contributed by atoms with van der Waals surface area (Å²) in [5, 5.41) is 3.17. The summed E-state index contributed by atoms with van der Waals surface area (Å²) in [5.41, 5.74) is 2.15. The zero-order chi connectivity index (χ0) is 15.1. The van der Waals surface area contributed by atoms with Gasteiger partial charge in [-0.05, 0) is 42.3 Å². The van der Waals surface area contributed by atoms with Gasteiger partial charge in [-0.3, -0.25) is 0 Å². The first-order valence-corrected chi connectivity index (χ1v) is 6.94. The number of ether oxygens (including phenoxy) is 1. The molecule has 0 aromatic heterocycles. The number of anilines is 1. The van der Waals surface area contributed by atoms with E-state index in [9.17, 15) is 9.18 Å². The second-order valence-corrected chi connectivity index (χ2v) is 4.70. The molecule has 0 bridgehead atoms. The molecular weight excluding hydrogens is 269 g/mol. The molecule has 0 amide bonds. The molecule has 21 heavy (non-hydrogen) atoms. The van der Waals surface area contributed by atoms with Gasteiger partial charge in [-0.25, -0.2) is 9.18 Å². The molecule has 0 aliphatic rings. The molecule has 110 valence electrons. The fraction of sp³-hybridized carbons (Fsp3) is 0.235. The normalized spacial score (nSPS) is 10.2. The molecule has 1 N–H and O–H groups in total. The van der Waals surface area contributed by atoms with Crippen molar-refractivity contribution in [1.82, 2.24) is 0 Å². The number of carbonyl (C=O) groups excluding carboxylic acids is 1. The summed E-state index contributed by atoms with van der Waals surface area (Å²) in [6.45, 7) is 2.86. The number of nitrogens with one attached hydrogen (secondary N) is 1. The van der Waals surface area contributed by atoms with Crippen molar-refractivity contribution in [2.24, 2.45) is 0 Å². The molecule has 0 saturated carbocycles. The molecule has 0 saturated heterocycles. The summed E-state index contributed by atoms with van der Waals surface area (Å²) in [6.07, 6.45) is 0.795. The molecule has 0 radical (unpaired) electrons. The SMILES string of the molecule is CCCOC(=O)c1cccc(NCc2cccc(F)c2)c1. The number of hydrogen-bond acceptors (Lipinski definition) is 3. The van der Waals surface area contributed by atoms with Crippen molar-refractivity contribution in [3.05, 3.63) is 65.5 Å². The topological polar surface area (TPSA) is 38.3 Å². The van der Waals surface area contributed by atoms with Crippen LogP contribution in [0, 0.1) is 5.82 Å². The van der Waals surface area contributed by atoms with Crippen LogP contribution in [0.25, 0.3) is 0 Å². The van der Waals surface area contributed by atoms with E-state index < -0.39 is 0 Å². The Hall–Kier alpha value is -2.36. The smallest absolute Gasteiger partial charge is 0.338 e. The summed E-state index contributed by atoms with van der Waals surface area (Å²) in [6, 6.07) is 13.5. The Morgan fingerprint density at radius 3 is 2.76 bits per heavy atom. The van der Waals surface area contributed by atoms with Gasteiger partial charge >= 0.3 is 5.97 Å². The fourth-order valence-electron chi connectivity index (χ4n) is 1.89. The number of carbonyl (C=O) groups is 1. The number of rotatable bonds is 6. The third-order valence-corrected chi connectivity index (χ3v) is 2.92. The van der Waals surface area contributed by atoms with Gasteiger partial charge in [-0.2, -0.15) is 0 Å². The van der Waals surface area contributed by atoms with Gasteiger partial charge in [0, 0.05) is 12.2 Å². The molecule has 0 heterocycles. The van der Waals surface area contributed by atoms with Crippen molar-refractivity contribution in [1.29, 1.82) is 0 Å². The lowest BCUT2D eigenvalue weighted by atomic mass is 10.2. The van der Waals surface area contributed by atoms with E-state index in [-0.39, 0.29) is 11.8 Å². The van der Waals surface area contributed by atoms with E-state index in [4.69, 9.17) is 4.74 Å². The lowest BCUT2D eigenvalue weighted by Crippen LogP contribution is -2.07. The van der Waals surface area contributed by atoms with Crippen LogP contribution in [0.2, 0.25) is 0 Å². The molecule has 0 aliphatic heterocycles. The summed E-state index contributed by atoms with van der Waals surface area (Å²) in [7, 11) is 0. The third-order valence-electron chi connectivity index (χ3n) is 2.92. The Kier molecular flexibility index (Phi) is 5.32. The van der Waals surface area contributed by atoms with Crippen molar-refractivity contribution in [2.45, 2.75) is 19.9 Å². The van der Waals surface area contributed by atoms with Gasteiger partial charge in [0.15, 0.2) is 0 Å². The maximum atomic E-state index is 13.1.